The van der Waals surface area contributed by atoms with Crippen molar-refractivity contribution in [2.75, 3.05) is 13.2 Å². The highest BCUT2D eigenvalue weighted by Crippen LogP contribution is 2.15. The van der Waals surface area contributed by atoms with Gasteiger partial charge in [0.2, 0.25) is 0 Å². The van der Waals surface area contributed by atoms with Crippen LogP contribution in [0.25, 0.3) is 0 Å². The standard InChI is InChI=1S/C77H128O6/c1-4-7-10-13-16-19-22-25-28-30-32-34-36-37-38-39-41-42-44-46-49-52-55-58-61-64-67-70-76(79)82-73-74(72-81-75(78)69-66-63-60-57-54-51-48-27-24-21-18-15-12-9-6-3)83-77(80)71-68-65-62-59-56-53-50-47-45-43-40-35-33-31-29-26-23-20-17-14-11-8-5-2/h7,10,16,18-19,21,23,25-28,31-34,37-38,40-43,48,74H,4-6,8-9,11-15,17,20,22,24,29-30,35-36,39,44-47,49-73H2,1-3H3/b10-7-,19-16-,21-18-,26-23-,28-25-,33-31-,34-32-,38-37-,42-41-,43-40-,48-27-. The first-order valence-corrected chi connectivity index (χ1v) is 34.7. The van der Waals surface area contributed by atoms with Gasteiger partial charge in [-0.15, -0.1) is 0 Å². The average molecular weight is 1150 g/mol. The summed E-state index contributed by atoms with van der Waals surface area (Å²) in [5.41, 5.74) is 0. The van der Waals surface area contributed by atoms with Gasteiger partial charge in [0.05, 0.1) is 0 Å². The summed E-state index contributed by atoms with van der Waals surface area (Å²) in [6, 6.07) is 0. The Balaban J connectivity index is 4.40. The number of carbonyl (C=O) groups is 3. The zero-order valence-electron chi connectivity index (χ0n) is 54.2. The van der Waals surface area contributed by atoms with E-state index in [1.54, 1.807) is 0 Å². The number of ether oxygens (including phenoxy) is 3. The number of rotatable bonds is 62. The highest BCUT2D eigenvalue weighted by molar-refractivity contribution is 5.71. The number of hydrogen-bond donors (Lipinski definition) is 0. The van der Waals surface area contributed by atoms with Crippen LogP contribution in [0.2, 0.25) is 0 Å². The lowest BCUT2D eigenvalue weighted by atomic mass is 10.1. The van der Waals surface area contributed by atoms with Crippen molar-refractivity contribution in [3.63, 3.8) is 0 Å². The lowest BCUT2D eigenvalue weighted by Crippen LogP contribution is -2.30. The third-order valence-corrected chi connectivity index (χ3v) is 14.6. The molecule has 0 rings (SSSR count). The molecule has 6 heteroatoms. The minimum absolute atomic E-state index is 0.0931. The molecule has 83 heavy (non-hydrogen) atoms. The third-order valence-electron chi connectivity index (χ3n) is 14.6. The molecule has 0 aromatic heterocycles. The Morgan fingerprint density at radius 2 is 0.470 bits per heavy atom. The van der Waals surface area contributed by atoms with Crippen LogP contribution in [0.5, 0.6) is 0 Å². The Kier molecular flexibility index (Phi) is 66.3. The fourth-order valence-corrected chi connectivity index (χ4v) is 9.43. The van der Waals surface area contributed by atoms with Gasteiger partial charge in [0, 0.05) is 19.3 Å². The van der Waals surface area contributed by atoms with Crippen LogP contribution < -0.4 is 0 Å². The maximum absolute atomic E-state index is 13.0. The minimum Gasteiger partial charge on any atom is -0.462 e. The second kappa shape index (κ2) is 70.0. The molecule has 0 aliphatic carbocycles. The number of unbranched alkanes of at least 4 members (excludes halogenated alkanes) is 29. The molecule has 1 atom stereocenters. The number of esters is 3. The molecular formula is C77H128O6. The third kappa shape index (κ3) is 68.2. The maximum Gasteiger partial charge on any atom is 0.306 e. The van der Waals surface area contributed by atoms with Gasteiger partial charge in [-0.25, -0.2) is 0 Å². The van der Waals surface area contributed by atoms with Crippen LogP contribution in [0.1, 0.15) is 316 Å². The van der Waals surface area contributed by atoms with E-state index in [2.05, 4.69) is 154 Å². The van der Waals surface area contributed by atoms with Crippen molar-refractivity contribution < 1.29 is 28.6 Å². The van der Waals surface area contributed by atoms with Gasteiger partial charge < -0.3 is 14.2 Å². The van der Waals surface area contributed by atoms with Crippen LogP contribution in [-0.2, 0) is 28.6 Å². The monoisotopic (exact) mass is 1150 g/mol. The summed E-state index contributed by atoms with van der Waals surface area (Å²) >= 11 is 0. The maximum atomic E-state index is 13.0. The average Bonchev–Trinajstić information content (AvgIpc) is 3.49. The second-order valence-electron chi connectivity index (χ2n) is 22.7. The van der Waals surface area contributed by atoms with Gasteiger partial charge in [-0.2, -0.15) is 0 Å². The topological polar surface area (TPSA) is 78.9 Å². The Bertz CT molecular complexity index is 1750. The van der Waals surface area contributed by atoms with E-state index in [-0.39, 0.29) is 31.1 Å². The highest BCUT2D eigenvalue weighted by Gasteiger charge is 2.19. The number of carbonyl (C=O) groups excluding carboxylic acids is 3. The molecule has 0 saturated heterocycles. The Labute approximate surface area is 513 Å². The van der Waals surface area contributed by atoms with Gasteiger partial charge in [0.1, 0.15) is 13.2 Å². The minimum atomic E-state index is -0.798. The second-order valence-corrected chi connectivity index (χ2v) is 22.7. The van der Waals surface area contributed by atoms with Crippen LogP contribution >= 0.6 is 0 Å². The van der Waals surface area contributed by atoms with Crippen molar-refractivity contribution in [2.45, 2.75) is 322 Å². The van der Waals surface area contributed by atoms with Gasteiger partial charge in [-0.1, -0.05) is 289 Å². The van der Waals surface area contributed by atoms with E-state index in [0.717, 1.165) is 148 Å². The van der Waals surface area contributed by atoms with Crippen molar-refractivity contribution in [2.24, 2.45) is 0 Å². The van der Waals surface area contributed by atoms with Crippen LogP contribution in [0, 0.1) is 0 Å². The fourth-order valence-electron chi connectivity index (χ4n) is 9.43. The highest BCUT2D eigenvalue weighted by atomic mass is 16.6. The van der Waals surface area contributed by atoms with E-state index >= 15 is 0 Å². The van der Waals surface area contributed by atoms with E-state index in [9.17, 15) is 14.4 Å². The molecule has 0 radical (unpaired) electrons. The predicted molar refractivity (Wildman–Crippen MR) is 362 cm³/mol. The van der Waals surface area contributed by atoms with Crippen molar-refractivity contribution >= 4 is 17.9 Å². The Morgan fingerprint density at radius 3 is 0.759 bits per heavy atom. The summed E-state index contributed by atoms with van der Waals surface area (Å²) in [5, 5.41) is 0. The number of hydrogen-bond acceptors (Lipinski definition) is 6. The largest absolute Gasteiger partial charge is 0.462 e. The predicted octanol–water partition coefficient (Wildman–Crippen LogP) is 24.1. The van der Waals surface area contributed by atoms with Crippen LogP contribution in [0.15, 0.2) is 134 Å². The summed E-state index contributed by atoms with van der Waals surface area (Å²) in [6.45, 7) is 6.48. The molecule has 0 amide bonds. The smallest absolute Gasteiger partial charge is 0.306 e. The molecule has 0 spiro atoms. The van der Waals surface area contributed by atoms with Crippen molar-refractivity contribution in [1.29, 1.82) is 0 Å². The number of allylic oxidation sites excluding steroid dienone is 22. The van der Waals surface area contributed by atoms with Gasteiger partial charge in [-0.05, 0) is 141 Å². The SMILES string of the molecule is CC/C=C\C/C=C\C/C=C\C/C=C\C/C=C\C/C=C\CCCCCCCCCCC(=O)OCC(COC(=O)CCCCCCC/C=C\C/C=C\CCCCC)OC(=O)CCCCCCCCCC/C=C\C/C=C\C/C=C\CCCCCCC. The normalized spacial score (nSPS) is 13.0. The first kappa shape index (κ1) is 78.5. The van der Waals surface area contributed by atoms with E-state index in [4.69, 9.17) is 14.2 Å². The Hall–Kier alpha value is -4.45. The zero-order chi connectivity index (χ0) is 59.9. The summed E-state index contributed by atoms with van der Waals surface area (Å²) in [5.74, 6) is -0.915. The molecule has 0 aromatic rings. The molecule has 0 saturated carbocycles. The molecule has 6 nitrogen and oxygen atoms in total. The molecule has 0 bridgehead atoms. The van der Waals surface area contributed by atoms with Gasteiger partial charge in [0.25, 0.3) is 0 Å². The fraction of sp³-hybridized carbons (Fsp3) is 0.675. The summed E-state index contributed by atoms with van der Waals surface area (Å²) < 4.78 is 17.0. The van der Waals surface area contributed by atoms with Crippen LogP contribution in [0.3, 0.4) is 0 Å². The molecule has 0 aliphatic rings. The van der Waals surface area contributed by atoms with Crippen molar-refractivity contribution in [3.8, 4) is 0 Å². The molecule has 0 N–H and O–H groups in total. The summed E-state index contributed by atoms with van der Waals surface area (Å²) in [4.78, 5) is 38.5. The Morgan fingerprint density at radius 1 is 0.253 bits per heavy atom. The molecule has 472 valence electrons. The van der Waals surface area contributed by atoms with Crippen molar-refractivity contribution in [1.82, 2.24) is 0 Å². The molecule has 1 unspecified atom stereocenters. The van der Waals surface area contributed by atoms with Gasteiger partial charge in [-0.3, -0.25) is 14.4 Å². The molecular weight excluding hydrogens is 1020 g/mol. The zero-order valence-corrected chi connectivity index (χ0v) is 54.2. The first-order valence-electron chi connectivity index (χ1n) is 34.7. The molecule has 0 fully saturated rings. The molecule has 0 aromatic carbocycles. The first-order chi connectivity index (χ1) is 41.0. The van der Waals surface area contributed by atoms with Crippen molar-refractivity contribution in [3.05, 3.63) is 134 Å². The van der Waals surface area contributed by atoms with E-state index in [0.29, 0.717) is 19.3 Å². The van der Waals surface area contributed by atoms with Gasteiger partial charge in [0.15, 0.2) is 6.10 Å². The van der Waals surface area contributed by atoms with E-state index in [1.807, 2.05) is 0 Å². The summed E-state index contributed by atoms with van der Waals surface area (Å²) in [7, 11) is 0. The quantitative estimate of drug-likeness (QED) is 0.0261. The molecule has 0 aliphatic heterocycles. The van der Waals surface area contributed by atoms with E-state index in [1.165, 1.54) is 128 Å². The van der Waals surface area contributed by atoms with Gasteiger partial charge >= 0.3 is 17.9 Å². The molecule has 0 heterocycles. The van der Waals surface area contributed by atoms with Crippen LogP contribution in [-0.4, -0.2) is 37.2 Å². The lowest BCUT2D eigenvalue weighted by Gasteiger charge is -2.18. The van der Waals surface area contributed by atoms with E-state index < -0.39 is 6.10 Å². The summed E-state index contributed by atoms with van der Waals surface area (Å²) in [6.07, 6.45) is 98.9. The van der Waals surface area contributed by atoms with Crippen LogP contribution in [0.4, 0.5) is 0 Å². The lowest BCUT2D eigenvalue weighted by molar-refractivity contribution is -0.167.